The molecule has 3 amide bonds. The molecular weight excluding hydrogens is 348 g/mol. The maximum absolute atomic E-state index is 12.2. The number of hydrogen-bond donors (Lipinski definition) is 4. The molecule has 0 heterocycles. The molecule has 8 heteroatoms. The van der Waals surface area contributed by atoms with Gasteiger partial charge in [0.2, 0.25) is 17.7 Å². The molecule has 0 aliphatic heterocycles. The Morgan fingerprint density at radius 2 is 1.33 bits per heavy atom. The smallest absolute Gasteiger partial charge is 0.239 e. The first-order chi connectivity index (χ1) is 12.6. The number of nitrogens with one attached hydrogen (secondary N) is 4. The van der Waals surface area contributed by atoms with E-state index in [9.17, 15) is 19.2 Å². The molecule has 1 saturated carbocycles. The van der Waals surface area contributed by atoms with Gasteiger partial charge in [-0.15, -0.1) is 0 Å². The summed E-state index contributed by atoms with van der Waals surface area (Å²) >= 11 is 0. The molecule has 0 saturated heterocycles. The summed E-state index contributed by atoms with van der Waals surface area (Å²) in [5.74, 6) is -0.476. The molecule has 0 aromatic heterocycles. The SMILES string of the molecule is CNC[C@H]1CC[C@H](C(=O)NCC(=O)NCC(=O)NCC(=O)C(C)(C)C)CC1. The van der Waals surface area contributed by atoms with Crippen molar-refractivity contribution < 1.29 is 19.2 Å². The molecule has 0 bridgehead atoms. The van der Waals surface area contributed by atoms with E-state index in [1.54, 1.807) is 20.8 Å². The first kappa shape index (κ1) is 23.1. The van der Waals surface area contributed by atoms with Crippen molar-refractivity contribution in [2.45, 2.75) is 46.5 Å². The van der Waals surface area contributed by atoms with Crippen LogP contribution in [0.15, 0.2) is 0 Å². The van der Waals surface area contributed by atoms with E-state index < -0.39 is 17.2 Å². The van der Waals surface area contributed by atoms with E-state index in [-0.39, 0.29) is 37.2 Å². The number of rotatable bonds is 9. The second-order valence-corrected chi connectivity index (χ2v) is 8.22. The molecule has 4 N–H and O–H groups in total. The summed E-state index contributed by atoms with van der Waals surface area (Å²) < 4.78 is 0. The van der Waals surface area contributed by atoms with Gasteiger partial charge in [0.05, 0.1) is 19.6 Å². The van der Waals surface area contributed by atoms with Crippen LogP contribution in [0.5, 0.6) is 0 Å². The molecule has 1 aliphatic carbocycles. The van der Waals surface area contributed by atoms with Gasteiger partial charge in [-0.05, 0) is 45.2 Å². The number of carbonyl (C=O) groups is 4. The summed E-state index contributed by atoms with van der Waals surface area (Å²) in [7, 11) is 1.93. The lowest BCUT2D eigenvalue weighted by atomic mass is 9.81. The van der Waals surface area contributed by atoms with Crippen LogP contribution in [0.3, 0.4) is 0 Å². The van der Waals surface area contributed by atoms with E-state index in [1.807, 2.05) is 7.05 Å². The molecule has 1 fully saturated rings. The zero-order valence-corrected chi connectivity index (χ0v) is 16.9. The van der Waals surface area contributed by atoms with Crippen LogP contribution in [0.2, 0.25) is 0 Å². The Hall–Kier alpha value is -1.96. The fourth-order valence-corrected chi connectivity index (χ4v) is 2.98. The maximum atomic E-state index is 12.2. The van der Waals surface area contributed by atoms with Crippen molar-refractivity contribution in [3.63, 3.8) is 0 Å². The highest BCUT2D eigenvalue weighted by atomic mass is 16.2. The average Bonchev–Trinajstić information content (AvgIpc) is 2.62. The van der Waals surface area contributed by atoms with Crippen molar-refractivity contribution >= 4 is 23.5 Å². The molecule has 27 heavy (non-hydrogen) atoms. The Balaban J connectivity index is 2.19. The number of ketones is 1. The topological polar surface area (TPSA) is 116 Å². The fourth-order valence-electron chi connectivity index (χ4n) is 2.98. The van der Waals surface area contributed by atoms with Crippen molar-refractivity contribution in [2.24, 2.45) is 17.3 Å². The van der Waals surface area contributed by atoms with Gasteiger partial charge in [-0.3, -0.25) is 19.2 Å². The molecule has 0 aromatic rings. The summed E-state index contributed by atoms with van der Waals surface area (Å²) in [4.78, 5) is 47.4. The predicted molar refractivity (Wildman–Crippen MR) is 103 cm³/mol. The van der Waals surface area contributed by atoms with Gasteiger partial charge < -0.3 is 21.3 Å². The first-order valence-corrected chi connectivity index (χ1v) is 9.62. The third kappa shape index (κ3) is 8.99. The maximum Gasteiger partial charge on any atom is 0.239 e. The standard InChI is InChI=1S/C19H34N4O4/c1-19(2,3)15(24)10-21-16(25)11-22-17(26)12-23-18(27)14-7-5-13(6-8-14)9-20-4/h13-14,20H,5-12H2,1-4H3,(H,21,25)(H,22,26)(H,23,27)/t13-,14-. The minimum absolute atomic E-state index is 0.0439. The van der Waals surface area contributed by atoms with Crippen LogP contribution in [0.25, 0.3) is 0 Å². The van der Waals surface area contributed by atoms with E-state index in [0.29, 0.717) is 5.92 Å². The van der Waals surface area contributed by atoms with Crippen LogP contribution in [-0.4, -0.2) is 56.7 Å². The number of Topliss-reactive ketones (excluding diaryl/α,β-unsaturated/α-hetero) is 1. The van der Waals surface area contributed by atoms with Crippen molar-refractivity contribution in [3.8, 4) is 0 Å². The summed E-state index contributed by atoms with van der Waals surface area (Å²) in [5, 5.41) is 10.7. The van der Waals surface area contributed by atoms with Gasteiger partial charge in [-0.1, -0.05) is 20.8 Å². The Kier molecular flexibility index (Phi) is 9.41. The highest BCUT2D eigenvalue weighted by molar-refractivity contribution is 5.92. The zero-order chi connectivity index (χ0) is 20.4. The van der Waals surface area contributed by atoms with E-state index in [2.05, 4.69) is 21.3 Å². The van der Waals surface area contributed by atoms with Crippen LogP contribution in [0.4, 0.5) is 0 Å². The molecule has 1 rings (SSSR count). The van der Waals surface area contributed by atoms with E-state index in [0.717, 1.165) is 32.2 Å². The molecule has 154 valence electrons. The third-order valence-corrected chi connectivity index (χ3v) is 4.86. The highest BCUT2D eigenvalue weighted by Gasteiger charge is 2.26. The Bertz CT molecular complexity index is 534. The van der Waals surface area contributed by atoms with Gasteiger partial charge >= 0.3 is 0 Å². The van der Waals surface area contributed by atoms with Crippen LogP contribution in [0.1, 0.15) is 46.5 Å². The predicted octanol–water partition coefficient (Wildman–Crippen LogP) is -0.0240. The molecule has 8 nitrogen and oxygen atoms in total. The quantitative estimate of drug-likeness (QED) is 0.447. The fraction of sp³-hybridized carbons (Fsp3) is 0.789. The van der Waals surface area contributed by atoms with Crippen LogP contribution >= 0.6 is 0 Å². The monoisotopic (exact) mass is 382 g/mol. The summed E-state index contributed by atoms with van der Waals surface area (Å²) in [6.45, 7) is 5.87. The number of hydrogen-bond acceptors (Lipinski definition) is 5. The van der Waals surface area contributed by atoms with Crippen molar-refractivity contribution in [3.05, 3.63) is 0 Å². The van der Waals surface area contributed by atoms with Gasteiger partial charge in [0.1, 0.15) is 0 Å². The lowest BCUT2D eigenvalue weighted by molar-refractivity contribution is -0.131. The summed E-state index contributed by atoms with van der Waals surface area (Å²) in [5.41, 5.74) is -0.521. The number of amides is 3. The minimum Gasteiger partial charge on any atom is -0.347 e. The summed E-state index contributed by atoms with van der Waals surface area (Å²) in [6.07, 6.45) is 3.70. The van der Waals surface area contributed by atoms with Crippen LogP contribution < -0.4 is 21.3 Å². The van der Waals surface area contributed by atoms with E-state index >= 15 is 0 Å². The molecule has 0 aromatic carbocycles. The molecule has 0 spiro atoms. The lowest BCUT2D eigenvalue weighted by Crippen LogP contribution is -2.45. The molecule has 1 aliphatic rings. The third-order valence-electron chi connectivity index (χ3n) is 4.86. The summed E-state index contributed by atoms with van der Waals surface area (Å²) in [6, 6.07) is 0. The first-order valence-electron chi connectivity index (χ1n) is 9.62. The molecule has 0 atom stereocenters. The highest BCUT2D eigenvalue weighted by Crippen LogP contribution is 2.28. The Labute approximate surface area is 161 Å². The van der Waals surface area contributed by atoms with Crippen molar-refractivity contribution in [1.82, 2.24) is 21.3 Å². The minimum atomic E-state index is -0.521. The molecule has 0 unspecified atom stereocenters. The Morgan fingerprint density at radius 3 is 1.85 bits per heavy atom. The van der Waals surface area contributed by atoms with Crippen LogP contribution in [0, 0.1) is 17.3 Å². The lowest BCUT2D eigenvalue weighted by Gasteiger charge is -2.27. The second-order valence-electron chi connectivity index (χ2n) is 8.22. The van der Waals surface area contributed by atoms with Gasteiger partial charge in [0, 0.05) is 11.3 Å². The molecular formula is C19H34N4O4. The zero-order valence-electron chi connectivity index (χ0n) is 16.9. The van der Waals surface area contributed by atoms with Gasteiger partial charge in [0.25, 0.3) is 0 Å². The van der Waals surface area contributed by atoms with Gasteiger partial charge in [-0.2, -0.15) is 0 Å². The second kappa shape index (κ2) is 11.0. The average molecular weight is 383 g/mol. The van der Waals surface area contributed by atoms with Gasteiger partial charge in [0.15, 0.2) is 5.78 Å². The van der Waals surface area contributed by atoms with Crippen LogP contribution in [-0.2, 0) is 19.2 Å². The number of carbonyl (C=O) groups excluding carboxylic acids is 4. The van der Waals surface area contributed by atoms with Crippen molar-refractivity contribution in [2.75, 3.05) is 33.2 Å². The molecule has 0 radical (unpaired) electrons. The Morgan fingerprint density at radius 1 is 0.815 bits per heavy atom. The normalized spacial score (nSPS) is 19.9. The van der Waals surface area contributed by atoms with Crippen molar-refractivity contribution in [1.29, 1.82) is 0 Å². The van der Waals surface area contributed by atoms with E-state index in [4.69, 9.17) is 0 Å². The largest absolute Gasteiger partial charge is 0.347 e. The van der Waals surface area contributed by atoms with Gasteiger partial charge in [-0.25, -0.2) is 0 Å². The van der Waals surface area contributed by atoms with E-state index in [1.165, 1.54) is 0 Å².